The molecule has 8 heteroatoms. The number of nitrogens with zero attached hydrogens (tertiary/aromatic N) is 1. The Bertz CT molecular complexity index is 420. The van der Waals surface area contributed by atoms with Crippen molar-refractivity contribution in [3.8, 4) is 0 Å². The number of hydrogen-bond donors (Lipinski definition) is 2. The van der Waals surface area contributed by atoms with Gasteiger partial charge in [-0.3, -0.25) is 9.52 Å². The zero-order valence-corrected chi connectivity index (χ0v) is 8.72. The second-order valence-corrected chi connectivity index (χ2v) is 5.16. The van der Waals surface area contributed by atoms with Crippen LogP contribution in [0.3, 0.4) is 0 Å². The Labute approximate surface area is 82.5 Å². The minimum Gasteiger partial charge on any atom is -0.268 e. The molecule has 0 aliphatic carbocycles. The Morgan fingerprint density at radius 1 is 1.54 bits per heavy atom. The summed E-state index contributed by atoms with van der Waals surface area (Å²) in [6.07, 6.45) is 0. The second-order valence-electron chi connectivity index (χ2n) is 2.13. The molecule has 1 rings (SSSR count). The van der Waals surface area contributed by atoms with Gasteiger partial charge in [-0.1, -0.05) is 15.9 Å². The third-order valence-electron chi connectivity index (χ3n) is 1.08. The van der Waals surface area contributed by atoms with Crippen molar-refractivity contribution in [2.45, 2.75) is 0 Å². The predicted molar refractivity (Wildman–Crippen MR) is 51.2 cm³/mol. The van der Waals surface area contributed by atoms with E-state index in [0.29, 0.717) is 0 Å². The monoisotopic (exact) mass is 267 g/mol. The van der Waals surface area contributed by atoms with Gasteiger partial charge in [-0.15, -0.1) is 0 Å². The van der Waals surface area contributed by atoms with Crippen LogP contribution in [0.5, 0.6) is 0 Å². The van der Waals surface area contributed by atoms with Gasteiger partial charge in [0.05, 0.1) is 0 Å². The third-order valence-corrected chi connectivity index (χ3v) is 3.70. The Morgan fingerprint density at radius 3 is 2.69 bits per heavy atom. The molecule has 0 bridgehead atoms. The molecule has 2 N–H and O–H groups in total. The largest absolute Gasteiger partial charge is 0.268 e. The van der Waals surface area contributed by atoms with Crippen molar-refractivity contribution < 1.29 is 8.42 Å². The molecule has 0 aliphatic heterocycles. The minimum absolute atomic E-state index is 0.0825. The number of aromatic amines is 1. The molecule has 0 fully saturated rings. The Balaban J connectivity index is 2.88. The van der Waals surface area contributed by atoms with Gasteiger partial charge in [-0.05, 0) is 6.07 Å². The highest BCUT2D eigenvalue weighted by Gasteiger charge is 2.07. The highest BCUT2D eigenvalue weighted by Crippen LogP contribution is 2.02. The van der Waals surface area contributed by atoms with Gasteiger partial charge in [0.2, 0.25) is 10.0 Å². The molecule has 0 saturated carbocycles. The van der Waals surface area contributed by atoms with E-state index in [1.165, 1.54) is 12.1 Å². The molecule has 0 aromatic carbocycles. The van der Waals surface area contributed by atoms with E-state index in [2.05, 4.69) is 30.8 Å². The Kier molecular flexibility index (Phi) is 3.04. The second kappa shape index (κ2) is 3.88. The standard InChI is InChI=1S/C5H6BrN3O3S/c6-3-13(11,12)9-4-1-2-5(10)8-7-4/h1-2H,3H2,(H,7,9)(H,8,10). The van der Waals surface area contributed by atoms with E-state index in [1.807, 2.05) is 0 Å². The fraction of sp³-hybridized carbons (Fsp3) is 0.200. The lowest BCUT2D eigenvalue weighted by molar-refractivity contribution is 0.605. The van der Waals surface area contributed by atoms with E-state index in [4.69, 9.17) is 0 Å². The topological polar surface area (TPSA) is 91.9 Å². The number of hydrogen-bond acceptors (Lipinski definition) is 4. The highest BCUT2D eigenvalue weighted by atomic mass is 79.9. The molecule has 0 radical (unpaired) electrons. The van der Waals surface area contributed by atoms with Gasteiger partial charge in [0.1, 0.15) is 4.66 Å². The van der Waals surface area contributed by atoms with Crippen LogP contribution in [0.25, 0.3) is 0 Å². The van der Waals surface area contributed by atoms with Gasteiger partial charge in [-0.2, -0.15) is 5.10 Å². The van der Waals surface area contributed by atoms with E-state index in [9.17, 15) is 13.2 Å². The quantitative estimate of drug-likeness (QED) is 0.746. The van der Waals surface area contributed by atoms with E-state index < -0.39 is 10.0 Å². The number of anilines is 1. The highest BCUT2D eigenvalue weighted by molar-refractivity contribution is 9.10. The third kappa shape index (κ3) is 3.15. The van der Waals surface area contributed by atoms with Crippen molar-refractivity contribution in [2.75, 3.05) is 9.38 Å². The van der Waals surface area contributed by atoms with Crippen molar-refractivity contribution in [1.29, 1.82) is 0 Å². The molecule has 0 amide bonds. The van der Waals surface area contributed by atoms with E-state index in [1.54, 1.807) is 0 Å². The molecule has 72 valence electrons. The summed E-state index contributed by atoms with van der Waals surface area (Å²) >= 11 is 2.79. The van der Waals surface area contributed by atoms with Crippen molar-refractivity contribution >= 4 is 31.8 Å². The molecule has 0 saturated heterocycles. The summed E-state index contributed by atoms with van der Waals surface area (Å²) in [7, 11) is -3.40. The molecule has 1 heterocycles. The van der Waals surface area contributed by atoms with Crippen molar-refractivity contribution in [3.63, 3.8) is 0 Å². The van der Waals surface area contributed by atoms with Crippen LogP contribution in [0.4, 0.5) is 5.82 Å². The maximum Gasteiger partial charge on any atom is 0.264 e. The lowest BCUT2D eigenvalue weighted by Crippen LogP contribution is -2.16. The molecular weight excluding hydrogens is 262 g/mol. The molecule has 0 spiro atoms. The Hall–Kier alpha value is -0.890. The summed E-state index contributed by atoms with van der Waals surface area (Å²) in [6.45, 7) is 0. The van der Waals surface area contributed by atoms with Crippen LogP contribution in [0.1, 0.15) is 0 Å². The van der Waals surface area contributed by atoms with E-state index >= 15 is 0 Å². The average Bonchev–Trinajstić information content (AvgIpc) is 2.09. The van der Waals surface area contributed by atoms with Gasteiger partial charge in [0.15, 0.2) is 5.82 Å². The van der Waals surface area contributed by atoms with Gasteiger partial charge in [-0.25, -0.2) is 13.5 Å². The lowest BCUT2D eigenvalue weighted by atomic mass is 10.5. The lowest BCUT2D eigenvalue weighted by Gasteiger charge is -2.01. The van der Waals surface area contributed by atoms with Crippen LogP contribution in [0.2, 0.25) is 0 Å². The predicted octanol–water partition coefficient (Wildman–Crippen LogP) is -0.136. The van der Waals surface area contributed by atoms with E-state index in [-0.39, 0.29) is 16.0 Å². The van der Waals surface area contributed by atoms with Crippen LogP contribution in [-0.4, -0.2) is 23.3 Å². The molecule has 13 heavy (non-hydrogen) atoms. The van der Waals surface area contributed by atoms with Crippen LogP contribution in [-0.2, 0) is 10.0 Å². The maximum atomic E-state index is 11.0. The summed E-state index contributed by atoms with van der Waals surface area (Å²) in [5, 5.41) is 5.56. The number of nitrogens with one attached hydrogen (secondary N) is 2. The Morgan fingerprint density at radius 2 is 2.23 bits per heavy atom. The van der Waals surface area contributed by atoms with Crippen molar-refractivity contribution in [2.24, 2.45) is 0 Å². The molecule has 0 aliphatic rings. The zero-order chi connectivity index (χ0) is 9.90. The molecular formula is C5H6BrN3O3S. The van der Waals surface area contributed by atoms with Crippen LogP contribution < -0.4 is 10.3 Å². The molecule has 6 nitrogen and oxygen atoms in total. The summed E-state index contributed by atoms with van der Waals surface area (Å²) < 4.78 is 23.8. The summed E-state index contributed by atoms with van der Waals surface area (Å²) in [6, 6.07) is 2.46. The smallest absolute Gasteiger partial charge is 0.264 e. The van der Waals surface area contributed by atoms with Crippen LogP contribution >= 0.6 is 15.9 Å². The van der Waals surface area contributed by atoms with Gasteiger partial charge in [0.25, 0.3) is 5.56 Å². The van der Waals surface area contributed by atoms with Gasteiger partial charge >= 0.3 is 0 Å². The molecule has 1 aromatic rings. The number of aromatic nitrogens is 2. The first kappa shape index (κ1) is 10.2. The number of H-pyrrole nitrogens is 1. The number of halogens is 1. The van der Waals surface area contributed by atoms with Crippen LogP contribution in [0.15, 0.2) is 16.9 Å². The fourth-order valence-corrected chi connectivity index (χ4v) is 1.42. The number of alkyl halides is 1. The van der Waals surface area contributed by atoms with Crippen LogP contribution in [0, 0.1) is 0 Å². The first-order valence-electron chi connectivity index (χ1n) is 3.16. The molecule has 0 unspecified atom stereocenters. The summed E-state index contributed by atoms with van der Waals surface area (Å²) in [5.41, 5.74) is -0.387. The zero-order valence-electron chi connectivity index (χ0n) is 6.32. The first-order valence-corrected chi connectivity index (χ1v) is 5.93. The molecule has 1 aromatic heterocycles. The average molecular weight is 268 g/mol. The minimum atomic E-state index is -3.40. The molecule has 0 atom stereocenters. The SMILES string of the molecule is O=c1ccc(NS(=O)(=O)CBr)n[nH]1. The van der Waals surface area contributed by atoms with Gasteiger partial charge < -0.3 is 0 Å². The normalized spacial score (nSPS) is 11.2. The first-order chi connectivity index (χ1) is 6.03. The van der Waals surface area contributed by atoms with Crippen molar-refractivity contribution in [3.05, 3.63) is 22.5 Å². The maximum absolute atomic E-state index is 11.0. The number of sulfonamides is 1. The summed E-state index contributed by atoms with van der Waals surface area (Å²) in [5.74, 6) is 0.0825. The fourth-order valence-electron chi connectivity index (χ4n) is 0.588. The number of rotatable bonds is 3. The van der Waals surface area contributed by atoms with E-state index in [0.717, 1.165) is 0 Å². The van der Waals surface area contributed by atoms with Crippen molar-refractivity contribution in [1.82, 2.24) is 10.2 Å². The summed E-state index contributed by atoms with van der Waals surface area (Å²) in [4.78, 5) is 10.6. The van der Waals surface area contributed by atoms with Gasteiger partial charge in [0, 0.05) is 6.07 Å².